The molecular weight excluding hydrogens is 323 g/mol. The molecule has 0 aliphatic carbocycles. The Kier molecular flexibility index (Phi) is 5.31. The fraction of sp³-hybridized carbons (Fsp3) is 0.500. The second-order valence-electron chi connectivity index (χ2n) is 4.99. The van der Waals surface area contributed by atoms with Crippen LogP contribution in [-0.2, 0) is 16.1 Å². The first-order chi connectivity index (χ1) is 11.3. The number of nitrogens with one attached hydrogen (secondary N) is 1. The summed E-state index contributed by atoms with van der Waals surface area (Å²) in [6.45, 7) is 1.51. The van der Waals surface area contributed by atoms with Crippen molar-refractivity contribution in [3.05, 3.63) is 28.6 Å². The highest BCUT2D eigenvalue weighted by molar-refractivity contribution is 7.07. The number of anilines is 1. The normalized spacial score (nSPS) is 21.1. The standard InChI is InChI=1S/C14H17FN4O3S/c1-20-13-10(15)4-16-14(19-13)18-11-2-3-21-6-12(11)22-5-9-7-23-8-17-9/h4,7-8,11-12H,2-3,5-6H2,1H3,(H,16,18,19)/t11-,12-/m1/s1. The van der Waals surface area contributed by atoms with Crippen molar-refractivity contribution in [3.8, 4) is 5.88 Å². The van der Waals surface area contributed by atoms with E-state index in [1.807, 2.05) is 5.38 Å². The van der Waals surface area contributed by atoms with Gasteiger partial charge in [-0.25, -0.2) is 9.97 Å². The van der Waals surface area contributed by atoms with Gasteiger partial charge in [-0.1, -0.05) is 0 Å². The molecule has 124 valence electrons. The lowest BCUT2D eigenvalue weighted by atomic mass is 10.1. The molecular formula is C14H17FN4O3S. The minimum atomic E-state index is -0.596. The van der Waals surface area contributed by atoms with Crippen LogP contribution in [0.15, 0.2) is 17.1 Å². The maximum Gasteiger partial charge on any atom is 0.255 e. The SMILES string of the molecule is COc1nc(N[C@@H]2CCOC[C@H]2OCc2cscn2)ncc1F. The van der Waals surface area contributed by atoms with E-state index >= 15 is 0 Å². The van der Waals surface area contributed by atoms with Crippen LogP contribution in [0, 0.1) is 5.82 Å². The highest BCUT2D eigenvalue weighted by Crippen LogP contribution is 2.19. The molecule has 1 saturated heterocycles. The summed E-state index contributed by atoms with van der Waals surface area (Å²) in [4.78, 5) is 12.1. The first-order valence-electron chi connectivity index (χ1n) is 7.15. The number of rotatable bonds is 6. The zero-order valence-electron chi connectivity index (χ0n) is 12.6. The number of hydrogen-bond donors (Lipinski definition) is 1. The Morgan fingerprint density at radius 1 is 1.48 bits per heavy atom. The third-order valence-corrected chi connectivity index (χ3v) is 4.09. The molecule has 23 heavy (non-hydrogen) atoms. The lowest BCUT2D eigenvalue weighted by Crippen LogP contribution is -2.44. The minimum absolute atomic E-state index is 0.0300. The molecule has 3 rings (SSSR count). The fourth-order valence-corrected chi connectivity index (χ4v) is 2.82. The van der Waals surface area contributed by atoms with Gasteiger partial charge in [-0.05, 0) is 6.42 Å². The summed E-state index contributed by atoms with van der Waals surface area (Å²) in [5, 5.41) is 5.12. The van der Waals surface area contributed by atoms with Crippen LogP contribution in [0.5, 0.6) is 5.88 Å². The van der Waals surface area contributed by atoms with Gasteiger partial charge in [-0.3, -0.25) is 0 Å². The Morgan fingerprint density at radius 2 is 2.39 bits per heavy atom. The molecule has 1 fully saturated rings. The molecule has 0 unspecified atom stereocenters. The molecule has 0 saturated carbocycles. The van der Waals surface area contributed by atoms with E-state index in [2.05, 4.69) is 20.3 Å². The van der Waals surface area contributed by atoms with Gasteiger partial charge in [-0.15, -0.1) is 11.3 Å². The van der Waals surface area contributed by atoms with Crippen molar-refractivity contribution in [2.24, 2.45) is 0 Å². The first-order valence-corrected chi connectivity index (χ1v) is 8.10. The Morgan fingerprint density at radius 3 is 3.17 bits per heavy atom. The van der Waals surface area contributed by atoms with Crippen LogP contribution in [0.4, 0.5) is 10.3 Å². The average molecular weight is 340 g/mol. The van der Waals surface area contributed by atoms with Crippen molar-refractivity contribution >= 4 is 17.3 Å². The number of thiazole rings is 1. The van der Waals surface area contributed by atoms with Crippen LogP contribution in [0.1, 0.15) is 12.1 Å². The average Bonchev–Trinajstić information content (AvgIpc) is 3.09. The Hall–Kier alpha value is -1.84. The summed E-state index contributed by atoms with van der Waals surface area (Å²) in [7, 11) is 1.36. The van der Waals surface area contributed by atoms with Gasteiger partial charge in [0.15, 0.2) is 0 Å². The van der Waals surface area contributed by atoms with E-state index in [-0.39, 0.29) is 18.0 Å². The number of methoxy groups -OCH3 is 1. The molecule has 7 nitrogen and oxygen atoms in total. The van der Waals surface area contributed by atoms with Crippen molar-refractivity contribution in [1.82, 2.24) is 15.0 Å². The van der Waals surface area contributed by atoms with Crippen LogP contribution in [0.3, 0.4) is 0 Å². The van der Waals surface area contributed by atoms with Gasteiger partial charge in [0.1, 0.15) is 6.10 Å². The monoisotopic (exact) mass is 340 g/mol. The van der Waals surface area contributed by atoms with Gasteiger partial charge in [0.2, 0.25) is 11.8 Å². The fourth-order valence-electron chi connectivity index (χ4n) is 2.27. The molecule has 2 aromatic rings. The zero-order valence-corrected chi connectivity index (χ0v) is 13.4. The Bertz CT molecular complexity index is 628. The quantitative estimate of drug-likeness (QED) is 0.860. The van der Waals surface area contributed by atoms with Gasteiger partial charge < -0.3 is 19.5 Å². The summed E-state index contributed by atoms with van der Waals surface area (Å²) < 4.78 is 29.6. The van der Waals surface area contributed by atoms with Crippen molar-refractivity contribution in [1.29, 1.82) is 0 Å². The summed E-state index contributed by atoms with van der Waals surface area (Å²) >= 11 is 1.53. The molecule has 0 bridgehead atoms. The van der Waals surface area contributed by atoms with Crippen molar-refractivity contribution in [2.75, 3.05) is 25.6 Å². The summed E-state index contributed by atoms with van der Waals surface area (Å²) in [6, 6.07) is -0.0300. The highest BCUT2D eigenvalue weighted by Gasteiger charge is 2.27. The summed E-state index contributed by atoms with van der Waals surface area (Å²) in [5.41, 5.74) is 2.66. The van der Waals surface area contributed by atoms with Crippen molar-refractivity contribution < 1.29 is 18.6 Å². The van der Waals surface area contributed by atoms with E-state index in [0.717, 1.165) is 18.3 Å². The largest absolute Gasteiger partial charge is 0.479 e. The highest BCUT2D eigenvalue weighted by atomic mass is 32.1. The summed E-state index contributed by atoms with van der Waals surface area (Å²) in [6.07, 6.45) is 1.66. The van der Waals surface area contributed by atoms with E-state index < -0.39 is 5.82 Å². The first kappa shape index (κ1) is 16.0. The number of hydrogen-bond acceptors (Lipinski definition) is 8. The third-order valence-electron chi connectivity index (χ3n) is 3.45. The Balaban J connectivity index is 1.64. The second-order valence-corrected chi connectivity index (χ2v) is 5.71. The van der Waals surface area contributed by atoms with E-state index in [1.165, 1.54) is 18.4 Å². The molecule has 0 amide bonds. The maximum atomic E-state index is 13.4. The van der Waals surface area contributed by atoms with Crippen LogP contribution in [0.25, 0.3) is 0 Å². The minimum Gasteiger partial charge on any atom is -0.479 e. The van der Waals surface area contributed by atoms with Gasteiger partial charge >= 0.3 is 0 Å². The van der Waals surface area contributed by atoms with E-state index in [4.69, 9.17) is 14.2 Å². The molecule has 0 spiro atoms. The van der Waals surface area contributed by atoms with Crippen molar-refractivity contribution in [2.45, 2.75) is 25.2 Å². The third kappa shape index (κ3) is 4.12. The van der Waals surface area contributed by atoms with E-state index in [0.29, 0.717) is 25.8 Å². The topological polar surface area (TPSA) is 78.4 Å². The predicted octanol–water partition coefficient (Wildman–Crippen LogP) is 1.87. The molecule has 2 aromatic heterocycles. The maximum absolute atomic E-state index is 13.4. The lowest BCUT2D eigenvalue weighted by molar-refractivity contribution is -0.0645. The molecule has 0 aromatic carbocycles. The lowest BCUT2D eigenvalue weighted by Gasteiger charge is -2.31. The van der Waals surface area contributed by atoms with Gasteiger partial charge in [0.05, 0.1) is 43.8 Å². The van der Waals surface area contributed by atoms with E-state index in [9.17, 15) is 4.39 Å². The second kappa shape index (κ2) is 7.62. The van der Waals surface area contributed by atoms with Gasteiger partial charge in [-0.2, -0.15) is 9.37 Å². The van der Waals surface area contributed by atoms with E-state index in [1.54, 1.807) is 5.51 Å². The smallest absolute Gasteiger partial charge is 0.255 e. The van der Waals surface area contributed by atoms with Crippen LogP contribution in [-0.4, -0.2) is 47.4 Å². The molecule has 3 heterocycles. The predicted molar refractivity (Wildman–Crippen MR) is 82.1 cm³/mol. The number of halogens is 1. The zero-order chi connectivity index (χ0) is 16.1. The van der Waals surface area contributed by atoms with Crippen LogP contribution in [0.2, 0.25) is 0 Å². The summed E-state index contributed by atoms with van der Waals surface area (Å²) in [5.74, 6) is -0.381. The number of ether oxygens (including phenoxy) is 3. The number of aromatic nitrogens is 3. The molecule has 1 aliphatic heterocycles. The van der Waals surface area contributed by atoms with Gasteiger partial charge in [0.25, 0.3) is 5.88 Å². The van der Waals surface area contributed by atoms with Crippen LogP contribution < -0.4 is 10.1 Å². The molecule has 2 atom stereocenters. The molecule has 1 N–H and O–H groups in total. The van der Waals surface area contributed by atoms with Crippen LogP contribution >= 0.6 is 11.3 Å². The Labute approximate surface area is 136 Å². The number of nitrogens with zero attached hydrogens (tertiary/aromatic N) is 3. The van der Waals surface area contributed by atoms with Gasteiger partial charge in [0, 0.05) is 12.0 Å². The molecule has 9 heteroatoms. The van der Waals surface area contributed by atoms with Crippen molar-refractivity contribution in [3.63, 3.8) is 0 Å². The molecule has 1 aliphatic rings. The molecule has 0 radical (unpaired) electrons.